The van der Waals surface area contributed by atoms with E-state index in [0.717, 1.165) is 24.4 Å². The molecule has 0 spiro atoms. The number of nitrogens with two attached hydrogens (primary N) is 1. The van der Waals surface area contributed by atoms with Crippen molar-refractivity contribution in [2.75, 3.05) is 18.7 Å². The molecule has 0 radical (unpaired) electrons. The van der Waals surface area contributed by atoms with E-state index in [4.69, 9.17) is 15.2 Å². The highest BCUT2D eigenvalue weighted by Gasteiger charge is 2.58. The number of aliphatic hydroxyl groups excluding tert-OH is 2. The van der Waals surface area contributed by atoms with Crippen LogP contribution in [0, 0.1) is 18.3 Å². The number of amides is 1. The minimum atomic E-state index is -2.14. The van der Waals surface area contributed by atoms with Gasteiger partial charge in [-0.05, 0) is 31.0 Å². The number of nitrogens with one attached hydrogen (secondary N) is 1. The number of fused-ring (bicyclic) bond motifs is 1. The quantitative estimate of drug-likeness (QED) is 0.198. The Balaban J connectivity index is 1.49. The predicted molar refractivity (Wildman–Crippen MR) is 138 cm³/mol. The van der Waals surface area contributed by atoms with E-state index in [9.17, 15) is 29.9 Å². The number of esters is 1. The van der Waals surface area contributed by atoms with Crippen molar-refractivity contribution in [3.05, 3.63) is 59.5 Å². The van der Waals surface area contributed by atoms with Gasteiger partial charge in [0.1, 0.15) is 42.8 Å². The van der Waals surface area contributed by atoms with Crippen LogP contribution in [0.1, 0.15) is 23.7 Å². The number of aliphatic hydroxyl groups is 2. The van der Waals surface area contributed by atoms with Gasteiger partial charge in [0.2, 0.25) is 18.3 Å². The molecule has 5 N–H and O–H groups in total. The number of carbonyl (C=O) groups excluding carboxylic acids is 3. The van der Waals surface area contributed by atoms with E-state index >= 15 is 0 Å². The summed E-state index contributed by atoms with van der Waals surface area (Å²) in [7, 11) is 0. The summed E-state index contributed by atoms with van der Waals surface area (Å²) in [6.45, 7) is 1.79. The zero-order valence-electron chi connectivity index (χ0n) is 22.1. The number of benzene rings is 1. The molecule has 0 unspecified atom stereocenters. The lowest BCUT2D eigenvalue weighted by Gasteiger charge is -2.24. The molecule has 15 heteroatoms. The molecule has 1 aliphatic heterocycles. The molecule has 1 fully saturated rings. The summed E-state index contributed by atoms with van der Waals surface area (Å²) in [6, 6.07) is 11.5. The zero-order valence-corrected chi connectivity index (χ0v) is 22.1. The monoisotopic (exact) mass is 568 g/mol. The van der Waals surface area contributed by atoms with Gasteiger partial charge in [-0.2, -0.15) is 10.4 Å². The van der Waals surface area contributed by atoms with Gasteiger partial charge in [0.25, 0.3) is 0 Å². The van der Waals surface area contributed by atoms with Crippen LogP contribution in [0.3, 0.4) is 0 Å². The Kier molecular flexibility index (Phi) is 8.79. The number of carbonyl (C=O) groups is 3. The summed E-state index contributed by atoms with van der Waals surface area (Å²) >= 11 is 0. The van der Waals surface area contributed by atoms with Crippen LogP contribution in [0.15, 0.2) is 42.7 Å². The fourth-order valence-corrected chi connectivity index (χ4v) is 4.26. The number of aryl methyl sites for hydroxylation is 1. The van der Waals surface area contributed by atoms with Gasteiger partial charge in [0.05, 0.1) is 11.7 Å². The number of aromatic nitrogens is 3. The first-order chi connectivity index (χ1) is 19.6. The van der Waals surface area contributed by atoms with E-state index in [2.05, 4.69) is 24.9 Å². The lowest BCUT2D eigenvalue weighted by molar-refractivity contribution is -0.151. The van der Waals surface area contributed by atoms with E-state index in [-0.39, 0.29) is 23.4 Å². The van der Waals surface area contributed by atoms with Crippen molar-refractivity contribution in [3.8, 4) is 6.07 Å². The summed E-state index contributed by atoms with van der Waals surface area (Å²) in [5.74, 6) is -1.09. The number of anilines is 1. The molecule has 0 saturated carbocycles. The van der Waals surface area contributed by atoms with Crippen LogP contribution in [0.5, 0.6) is 0 Å². The van der Waals surface area contributed by atoms with Gasteiger partial charge >= 0.3 is 12.1 Å². The van der Waals surface area contributed by atoms with E-state index in [1.807, 2.05) is 37.3 Å². The van der Waals surface area contributed by atoms with Gasteiger partial charge < -0.3 is 40.2 Å². The Hall–Kier alpha value is -4.62. The first kappa shape index (κ1) is 29.4. The maximum absolute atomic E-state index is 12.8. The van der Waals surface area contributed by atoms with Crippen LogP contribution in [-0.4, -0.2) is 80.6 Å². The van der Waals surface area contributed by atoms with Gasteiger partial charge in [0, 0.05) is 6.92 Å². The zero-order chi connectivity index (χ0) is 29.7. The number of ether oxygens (including phenoxy) is 4. The molecule has 0 bridgehead atoms. The molecule has 41 heavy (non-hydrogen) atoms. The largest absolute Gasteiger partial charge is 0.511 e. The SMILES string of the molecule is CC(=O)OCOC(=O)OC[C@H]1O[C@@](C#N)(c2ccc3c(NC(=O)[C@@H](N)Cc4ccc(C)cc4)ncnn23)[C@H](O)[C@@H]1O. The molecule has 1 aromatic carbocycles. The summed E-state index contributed by atoms with van der Waals surface area (Å²) in [6.07, 6.45) is -4.59. The molecule has 1 amide bonds. The highest BCUT2D eigenvalue weighted by Crippen LogP contribution is 2.40. The summed E-state index contributed by atoms with van der Waals surface area (Å²) in [5, 5.41) is 38.3. The highest BCUT2D eigenvalue weighted by molar-refractivity contribution is 5.97. The third kappa shape index (κ3) is 6.26. The molecule has 3 heterocycles. The van der Waals surface area contributed by atoms with Crippen molar-refractivity contribution in [3.63, 3.8) is 0 Å². The molecule has 1 saturated heterocycles. The molecular formula is C26H28N6O9. The second kappa shape index (κ2) is 12.3. The number of nitriles is 1. The second-order valence-corrected chi connectivity index (χ2v) is 9.31. The Morgan fingerprint density at radius 1 is 1.20 bits per heavy atom. The number of hydrogen-bond acceptors (Lipinski definition) is 13. The van der Waals surface area contributed by atoms with E-state index < -0.39 is 61.4 Å². The maximum atomic E-state index is 12.8. The fourth-order valence-electron chi connectivity index (χ4n) is 4.26. The standard InChI is InChI=1S/C26H28N6O9/c1-14-3-5-16(6-4-14)9-17(28)24(36)31-23-18-7-8-20(32(18)30-12-29-23)26(11-27)22(35)21(34)19(41-26)10-38-25(37)40-13-39-15(2)33/h3-8,12,17,19,21-22,34-35H,9-10,13,28H2,1-2H3,(H,29,30,31,36)/t17-,19+,21+,22+,26-/m0/s1. The van der Waals surface area contributed by atoms with Crippen LogP contribution in [0.2, 0.25) is 0 Å². The molecule has 216 valence electrons. The van der Waals surface area contributed by atoms with Crippen molar-refractivity contribution >= 4 is 29.4 Å². The van der Waals surface area contributed by atoms with Crippen LogP contribution in [0.4, 0.5) is 10.6 Å². The van der Waals surface area contributed by atoms with Gasteiger partial charge in [-0.25, -0.2) is 14.3 Å². The lowest BCUT2D eigenvalue weighted by Crippen LogP contribution is -2.41. The van der Waals surface area contributed by atoms with Gasteiger partial charge in [-0.3, -0.25) is 9.59 Å². The van der Waals surface area contributed by atoms with Gasteiger partial charge in [0.15, 0.2) is 5.82 Å². The van der Waals surface area contributed by atoms with Crippen molar-refractivity contribution < 1.29 is 43.5 Å². The highest BCUT2D eigenvalue weighted by atomic mass is 16.8. The van der Waals surface area contributed by atoms with E-state index in [1.54, 1.807) is 0 Å². The van der Waals surface area contributed by atoms with Gasteiger partial charge in [-0.15, -0.1) is 0 Å². The lowest BCUT2D eigenvalue weighted by atomic mass is 9.92. The van der Waals surface area contributed by atoms with Crippen LogP contribution < -0.4 is 11.1 Å². The Morgan fingerprint density at radius 2 is 1.93 bits per heavy atom. The van der Waals surface area contributed by atoms with Crippen LogP contribution in [-0.2, 0) is 40.6 Å². The molecule has 0 aliphatic carbocycles. The minimum Gasteiger partial charge on any atom is -0.431 e. The predicted octanol–water partition coefficient (Wildman–Crippen LogP) is 0.0595. The van der Waals surface area contributed by atoms with Crippen LogP contribution in [0.25, 0.3) is 5.52 Å². The summed E-state index contributed by atoms with van der Waals surface area (Å²) < 4.78 is 20.8. The topological polar surface area (TPSA) is 221 Å². The minimum absolute atomic E-state index is 0.0170. The van der Waals surface area contributed by atoms with Gasteiger partial charge in [-0.1, -0.05) is 29.8 Å². The molecule has 15 nitrogen and oxygen atoms in total. The molecule has 4 rings (SSSR count). The van der Waals surface area contributed by atoms with Crippen LogP contribution >= 0.6 is 0 Å². The Labute approximate surface area is 233 Å². The van der Waals surface area contributed by atoms with Crippen molar-refractivity contribution in [1.82, 2.24) is 14.6 Å². The first-order valence-electron chi connectivity index (χ1n) is 12.4. The van der Waals surface area contributed by atoms with Crippen molar-refractivity contribution in [1.29, 1.82) is 5.26 Å². The summed E-state index contributed by atoms with van der Waals surface area (Å²) in [5.41, 5.74) is 6.21. The Morgan fingerprint density at radius 3 is 2.61 bits per heavy atom. The number of nitrogens with zero attached hydrogens (tertiary/aromatic N) is 4. The third-order valence-corrected chi connectivity index (χ3v) is 6.42. The smallest absolute Gasteiger partial charge is 0.431 e. The first-order valence-corrected chi connectivity index (χ1v) is 12.4. The molecular weight excluding hydrogens is 540 g/mol. The van der Waals surface area contributed by atoms with E-state index in [1.165, 1.54) is 16.6 Å². The summed E-state index contributed by atoms with van der Waals surface area (Å²) in [4.78, 5) is 39.4. The molecule has 2 aromatic heterocycles. The fraction of sp³-hybridized carbons (Fsp3) is 0.385. The van der Waals surface area contributed by atoms with Crippen molar-refractivity contribution in [2.24, 2.45) is 5.73 Å². The normalized spacial score (nSPS) is 22.5. The molecule has 1 aliphatic rings. The Bertz CT molecular complexity index is 1470. The molecule has 5 atom stereocenters. The molecule has 3 aromatic rings. The maximum Gasteiger partial charge on any atom is 0.511 e. The van der Waals surface area contributed by atoms with E-state index in [0.29, 0.717) is 0 Å². The average molecular weight is 569 g/mol. The van der Waals surface area contributed by atoms with Crippen molar-refractivity contribution in [2.45, 2.75) is 50.2 Å². The third-order valence-electron chi connectivity index (χ3n) is 6.42. The number of rotatable bonds is 9. The second-order valence-electron chi connectivity index (χ2n) is 9.31. The average Bonchev–Trinajstić information content (AvgIpc) is 3.49. The number of hydrogen-bond donors (Lipinski definition) is 4.